The lowest BCUT2D eigenvalue weighted by Gasteiger charge is -2.20. The maximum atomic E-state index is 15.5. The van der Waals surface area contributed by atoms with E-state index in [9.17, 15) is 4.79 Å². The second-order valence-corrected chi connectivity index (χ2v) is 6.73. The molecule has 1 amide bonds. The first-order valence-electron chi connectivity index (χ1n) is 8.88. The van der Waals surface area contributed by atoms with Gasteiger partial charge in [0.1, 0.15) is 5.75 Å². The van der Waals surface area contributed by atoms with Crippen molar-refractivity contribution in [1.29, 1.82) is 0 Å². The van der Waals surface area contributed by atoms with Crippen LogP contribution in [0.15, 0.2) is 47.2 Å². The van der Waals surface area contributed by atoms with Gasteiger partial charge in [-0.15, -0.1) is 0 Å². The van der Waals surface area contributed by atoms with E-state index in [1.54, 1.807) is 49.8 Å². The molecule has 1 aliphatic heterocycles. The minimum absolute atomic E-state index is 0.0445. The first-order chi connectivity index (χ1) is 13.5. The monoisotopic (exact) mass is 382 g/mol. The molecule has 1 fully saturated rings. The van der Waals surface area contributed by atoms with Gasteiger partial charge in [0.05, 0.1) is 13.7 Å². The molecule has 1 unspecified atom stereocenters. The van der Waals surface area contributed by atoms with Gasteiger partial charge in [0.2, 0.25) is 5.82 Å². The molecule has 0 N–H and O–H groups in total. The van der Waals surface area contributed by atoms with Crippen molar-refractivity contribution in [2.24, 2.45) is 0 Å². The molecule has 144 valence electrons. The topological polar surface area (TPSA) is 81.4 Å². The normalized spacial score (nSPS) is 19.0. The molecule has 2 aromatic heterocycles. The van der Waals surface area contributed by atoms with Gasteiger partial charge in [-0.05, 0) is 31.2 Å². The smallest absolute Gasteiger partial charge is 0.258 e. The van der Waals surface area contributed by atoms with Gasteiger partial charge < -0.3 is 14.2 Å². The van der Waals surface area contributed by atoms with E-state index in [0.717, 1.165) is 5.56 Å². The number of carbonyl (C=O) groups is 1. The highest BCUT2D eigenvalue weighted by atomic mass is 19.1. The molecule has 8 heteroatoms. The maximum absolute atomic E-state index is 15.5. The molecule has 1 saturated heterocycles. The number of alkyl halides is 1. The summed E-state index contributed by atoms with van der Waals surface area (Å²) < 4.78 is 26.0. The van der Waals surface area contributed by atoms with Gasteiger partial charge in [-0.1, -0.05) is 11.2 Å². The van der Waals surface area contributed by atoms with Crippen molar-refractivity contribution in [3.8, 4) is 17.2 Å². The van der Waals surface area contributed by atoms with E-state index in [1.807, 2.05) is 6.92 Å². The van der Waals surface area contributed by atoms with Crippen LogP contribution in [-0.2, 0) is 5.67 Å². The number of methoxy groups -OCH3 is 1. The van der Waals surface area contributed by atoms with Crippen LogP contribution in [0, 0.1) is 6.92 Å². The molecule has 0 saturated carbocycles. The van der Waals surface area contributed by atoms with Gasteiger partial charge in [-0.25, -0.2) is 4.39 Å². The lowest BCUT2D eigenvalue weighted by atomic mass is 10.0. The molecule has 7 nitrogen and oxygen atoms in total. The van der Waals surface area contributed by atoms with Gasteiger partial charge in [0, 0.05) is 42.0 Å². The van der Waals surface area contributed by atoms with Gasteiger partial charge in [-0.3, -0.25) is 9.78 Å². The molecule has 28 heavy (non-hydrogen) atoms. The fourth-order valence-corrected chi connectivity index (χ4v) is 3.38. The van der Waals surface area contributed by atoms with Crippen molar-refractivity contribution >= 4 is 5.91 Å². The number of hydrogen-bond acceptors (Lipinski definition) is 6. The summed E-state index contributed by atoms with van der Waals surface area (Å²) >= 11 is 0. The van der Waals surface area contributed by atoms with Crippen LogP contribution in [-0.4, -0.2) is 46.1 Å². The fraction of sp³-hybridized carbons (Fsp3) is 0.300. The number of likely N-dealkylation sites (tertiary alicyclic amines) is 1. The molecule has 0 bridgehead atoms. The van der Waals surface area contributed by atoms with E-state index in [0.29, 0.717) is 16.9 Å². The summed E-state index contributed by atoms with van der Waals surface area (Å²) in [6, 6.07) is 8.66. The third-order valence-electron chi connectivity index (χ3n) is 5.00. The van der Waals surface area contributed by atoms with E-state index in [1.165, 1.54) is 4.90 Å². The number of amides is 1. The molecule has 1 atom stereocenters. The number of hydrogen-bond donors (Lipinski definition) is 0. The number of nitrogens with zero attached hydrogens (tertiary/aromatic N) is 4. The number of aromatic nitrogens is 3. The summed E-state index contributed by atoms with van der Waals surface area (Å²) in [5.41, 5.74) is 0.0346. The Hall–Kier alpha value is -3.29. The number of ether oxygens (including phenoxy) is 1. The highest BCUT2D eigenvalue weighted by molar-refractivity contribution is 5.96. The van der Waals surface area contributed by atoms with E-state index in [-0.39, 0.29) is 37.1 Å². The standard InChI is InChI=1S/C20H19FN4O3/c1-13-15(4-3-5-16(13)27-2)18(26)25-11-8-20(21,12-25)19-23-17(28-24-19)14-6-9-22-10-7-14/h3-7,9-10H,8,11-12H2,1-2H3. The third-order valence-corrected chi connectivity index (χ3v) is 5.00. The van der Waals surface area contributed by atoms with Crippen molar-refractivity contribution in [2.45, 2.75) is 19.0 Å². The fourth-order valence-electron chi connectivity index (χ4n) is 3.38. The maximum Gasteiger partial charge on any atom is 0.258 e. The lowest BCUT2D eigenvalue weighted by Crippen LogP contribution is -2.33. The molecule has 0 aliphatic carbocycles. The largest absolute Gasteiger partial charge is 0.496 e. The minimum Gasteiger partial charge on any atom is -0.496 e. The van der Waals surface area contributed by atoms with Crippen LogP contribution in [0.2, 0.25) is 0 Å². The Morgan fingerprint density at radius 3 is 2.82 bits per heavy atom. The van der Waals surface area contributed by atoms with Crippen molar-refractivity contribution in [2.75, 3.05) is 20.2 Å². The third kappa shape index (κ3) is 3.11. The van der Waals surface area contributed by atoms with Crippen molar-refractivity contribution in [3.05, 3.63) is 59.7 Å². The molecular formula is C20H19FN4O3. The van der Waals surface area contributed by atoms with E-state index >= 15 is 4.39 Å². The van der Waals surface area contributed by atoms with Crippen molar-refractivity contribution < 1.29 is 18.4 Å². The van der Waals surface area contributed by atoms with Crippen LogP contribution in [0.4, 0.5) is 4.39 Å². The summed E-state index contributed by atoms with van der Waals surface area (Å²) in [6.07, 6.45) is 3.30. The van der Waals surface area contributed by atoms with Crippen LogP contribution >= 0.6 is 0 Å². The van der Waals surface area contributed by atoms with Gasteiger partial charge in [0.25, 0.3) is 11.8 Å². The first kappa shape index (κ1) is 18.1. The summed E-state index contributed by atoms with van der Waals surface area (Å²) in [5.74, 6) is 0.560. The van der Waals surface area contributed by atoms with Crippen molar-refractivity contribution in [1.82, 2.24) is 20.0 Å². The average Bonchev–Trinajstić information content (AvgIpc) is 3.37. The second-order valence-electron chi connectivity index (χ2n) is 6.73. The number of benzene rings is 1. The van der Waals surface area contributed by atoms with Crippen LogP contribution in [0.1, 0.15) is 28.2 Å². The minimum atomic E-state index is -1.85. The van der Waals surface area contributed by atoms with Gasteiger partial charge >= 0.3 is 0 Å². The average molecular weight is 382 g/mol. The zero-order valence-corrected chi connectivity index (χ0v) is 15.6. The quantitative estimate of drug-likeness (QED) is 0.689. The summed E-state index contributed by atoms with van der Waals surface area (Å²) in [6.45, 7) is 1.95. The number of halogens is 1. The number of carbonyl (C=O) groups excluding carboxylic acids is 1. The molecular weight excluding hydrogens is 363 g/mol. The van der Waals surface area contributed by atoms with E-state index < -0.39 is 5.67 Å². The summed E-state index contributed by atoms with van der Waals surface area (Å²) in [7, 11) is 1.55. The molecule has 3 aromatic rings. The number of rotatable bonds is 4. The zero-order chi connectivity index (χ0) is 19.7. The van der Waals surface area contributed by atoms with E-state index in [2.05, 4.69) is 15.1 Å². The highest BCUT2D eigenvalue weighted by Gasteiger charge is 2.46. The Balaban J connectivity index is 1.55. The molecule has 0 radical (unpaired) electrons. The van der Waals surface area contributed by atoms with Crippen molar-refractivity contribution in [3.63, 3.8) is 0 Å². The molecule has 1 aromatic carbocycles. The molecule has 3 heterocycles. The molecule has 0 spiro atoms. The van der Waals surface area contributed by atoms with E-state index in [4.69, 9.17) is 9.26 Å². The Bertz CT molecular complexity index is 1010. The predicted octanol–water partition coefficient (Wildman–Crippen LogP) is 3.16. The molecule has 1 aliphatic rings. The Morgan fingerprint density at radius 1 is 1.29 bits per heavy atom. The second kappa shape index (κ2) is 7.03. The van der Waals surface area contributed by atoms with Crippen LogP contribution in [0.5, 0.6) is 5.75 Å². The van der Waals surface area contributed by atoms with Crippen LogP contribution in [0.3, 0.4) is 0 Å². The highest BCUT2D eigenvalue weighted by Crippen LogP contribution is 2.36. The first-order valence-corrected chi connectivity index (χ1v) is 8.88. The Kier molecular flexibility index (Phi) is 4.54. The SMILES string of the molecule is COc1cccc(C(=O)N2CCC(F)(c3noc(-c4ccncc4)n3)C2)c1C. The summed E-state index contributed by atoms with van der Waals surface area (Å²) in [4.78, 5) is 22.5. The zero-order valence-electron chi connectivity index (χ0n) is 15.6. The Labute approximate surface area is 161 Å². The van der Waals surface area contributed by atoms with Crippen LogP contribution in [0.25, 0.3) is 11.5 Å². The van der Waals surface area contributed by atoms with Gasteiger partial charge in [0.15, 0.2) is 5.67 Å². The molecule has 4 rings (SSSR count). The predicted molar refractivity (Wildman–Crippen MR) is 98.6 cm³/mol. The Morgan fingerprint density at radius 2 is 2.07 bits per heavy atom. The lowest BCUT2D eigenvalue weighted by molar-refractivity contribution is 0.0741. The van der Waals surface area contributed by atoms with Crippen LogP contribution < -0.4 is 4.74 Å². The number of pyridine rings is 1. The summed E-state index contributed by atoms with van der Waals surface area (Å²) in [5, 5.41) is 3.82. The van der Waals surface area contributed by atoms with Gasteiger partial charge in [-0.2, -0.15) is 4.98 Å².